The quantitative estimate of drug-likeness (QED) is 0.880. The number of aromatic nitrogens is 1. The molecule has 1 heterocycles. The second kappa shape index (κ2) is 6.65. The van der Waals surface area contributed by atoms with Crippen LogP contribution in [0.2, 0.25) is 0 Å². The number of nitrogens with zero attached hydrogens (tertiary/aromatic N) is 2. The molecule has 0 unspecified atom stereocenters. The number of benzene rings is 1. The summed E-state index contributed by atoms with van der Waals surface area (Å²) in [6, 6.07) is 12.6. The van der Waals surface area contributed by atoms with Crippen LogP contribution < -0.4 is 10.2 Å². The number of para-hydroxylation sites is 1. The van der Waals surface area contributed by atoms with Gasteiger partial charge >= 0.3 is 11.8 Å². The van der Waals surface area contributed by atoms with Gasteiger partial charge in [-0.15, -0.1) is 0 Å². The summed E-state index contributed by atoms with van der Waals surface area (Å²) in [6.45, 7) is 4.13. The molecule has 0 saturated carbocycles. The number of carbonyl (C=O) groups is 2. The summed E-state index contributed by atoms with van der Waals surface area (Å²) >= 11 is 0. The predicted molar refractivity (Wildman–Crippen MR) is 82.1 cm³/mol. The van der Waals surface area contributed by atoms with E-state index in [2.05, 4.69) is 10.3 Å². The topological polar surface area (TPSA) is 62.3 Å². The minimum Gasteiger partial charge on any atom is -0.304 e. The van der Waals surface area contributed by atoms with Gasteiger partial charge in [0.2, 0.25) is 0 Å². The molecule has 5 heteroatoms. The maximum absolute atomic E-state index is 12.3. The van der Waals surface area contributed by atoms with Crippen molar-refractivity contribution in [3.05, 3.63) is 54.2 Å². The lowest BCUT2D eigenvalue weighted by Crippen LogP contribution is -2.39. The largest absolute Gasteiger partial charge is 0.316 e. The van der Waals surface area contributed by atoms with Gasteiger partial charge in [0.25, 0.3) is 0 Å². The molecular weight excluding hydrogens is 266 g/mol. The van der Waals surface area contributed by atoms with Gasteiger partial charge in [-0.1, -0.05) is 18.2 Å². The van der Waals surface area contributed by atoms with Gasteiger partial charge in [0.05, 0.1) is 0 Å². The van der Waals surface area contributed by atoms with Crippen LogP contribution in [0.25, 0.3) is 0 Å². The third-order valence-electron chi connectivity index (χ3n) is 2.98. The lowest BCUT2D eigenvalue weighted by atomic mass is 10.2. The molecule has 5 nitrogen and oxygen atoms in total. The zero-order valence-corrected chi connectivity index (χ0v) is 12.0. The van der Waals surface area contributed by atoms with Crippen molar-refractivity contribution in [1.82, 2.24) is 4.98 Å². The standard InChI is InChI=1S/C16H17N3O2/c1-3-19(13-7-5-4-6-8-13)16(21)15(20)18-14-11-12(2)9-10-17-14/h4-11H,3H2,1-2H3,(H,17,18,20). The second-order valence-electron chi connectivity index (χ2n) is 4.56. The smallest absolute Gasteiger partial charge is 0.304 e. The summed E-state index contributed by atoms with van der Waals surface area (Å²) in [5, 5.41) is 2.53. The molecule has 1 aromatic carbocycles. The third kappa shape index (κ3) is 3.66. The number of hydrogen-bond acceptors (Lipinski definition) is 3. The minimum absolute atomic E-state index is 0.373. The van der Waals surface area contributed by atoms with Gasteiger partial charge in [-0.05, 0) is 43.7 Å². The van der Waals surface area contributed by atoms with E-state index in [1.54, 1.807) is 24.4 Å². The molecule has 0 aliphatic carbocycles. The Kier molecular flexibility index (Phi) is 4.66. The van der Waals surface area contributed by atoms with Crippen LogP contribution in [-0.2, 0) is 9.59 Å². The first-order chi connectivity index (χ1) is 10.1. The Morgan fingerprint density at radius 3 is 2.52 bits per heavy atom. The second-order valence-corrected chi connectivity index (χ2v) is 4.56. The molecule has 0 spiro atoms. The van der Waals surface area contributed by atoms with Crippen LogP contribution in [0.1, 0.15) is 12.5 Å². The van der Waals surface area contributed by atoms with Gasteiger partial charge < -0.3 is 10.2 Å². The highest BCUT2D eigenvalue weighted by Crippen LogP contribution is 2.14. The molecule has 0 fully saturated rings. The van der Waals surface area contributed by atoms with Crippen molar-refractivity contribution in [2.45, 2.75) is 13.8 Å². The number of aryl methyl sites for hydroxylation is 1. The molecule has 0 aliphatic heterocycles. The zero-order valence-electron chi connectivity index (χ0n) is 12.0. The number of nitrogens with one attached hydrogen (secondary N) is 1. The zero-order chi connectivity index (χ0) is 15.2. The number of hydrogen-bond donors (Lipinski definition) is 1. The SMILES string of the molecule is CCN(C(=O)C(=O)Nc1cc(C)ccn1)c1ccccc1. The van der Waals surface area contributed by atoms with Crippen molar-refractivity contribution in [1.29, 1.82) is 0 Å². The van der Waals surface area contributed by atoms with Crippen molar-refractivity contribution >= 4 is 23.3 Å². The van der Waals surface area contributed by atoms with Gasteiger partial charge in [-0.2, -0.15) is 0 Å². The van der Waals surface area contributed by atoms with Crippen molar-refractivity contribution in [3.8, 4) is 0 Å². The molecule has 0 atom stereocenters. The number of likely N-dealkylation sites (N-methyl/N-ethyl adjacent to an activating group) is 1. The first-order valence-corrected chi connectivity index (χ1v) is 6.72. The van der Waals surface area contributed by atoms with E-state index in [-0.39, 0.29) is 0 Å². The van der Waals surface area contributed by atoms with Gasteiger partial charge in [0.15, 0.2) is 0 Å². The van der Waals surface area contributed by atoms with Crippen molar-refractivity contribution in [2.24, 2.45) is 0 Å². The van der Waals surface area contributed by atoms with Crippen molar-refractivity contribution < 1.29 is 9.59 Å². The Balaban J connectivity index is 2.13. The van der Waals surface area contributed by atoms with Crippen LogP contribution in [0, 0.1) is 6.92 Å². The number of amides is 2. The molecule has 0 radical (unpaired) electrons. The molecule has 1 N–H and O–H groups in total. The van der Waals surface area contributed by atoms with E-state index < -0.39 is 11.8 Å². The van der Waals surface area contributed by atoms with Gasteiger partial charge in [0, 0.05) is 18.4 Å². The highest BCUT2D eigenvalue weighted by atomic mass is 16.2. The fourth-order valence-electron chi connectivity index (χ4n) is 1.95. The Labute approximate surface area is 123 Å². The molecule has 2 rings (SSSR count). The minimum atomic E-state index is -0.696. The first-order valence-electron chi connectivity index (χ1n) is 6.72. The van der Waals surface area contributed by atoms with Crippen LogP contribution in [0.4, 0.5) is 11.5 Å². The summed E-state index contributed by atoms with van der Waals surface area (Å²) in [7, 11) is 0. The van der Waals surface area contributed by atoms with E-state index in [4.69, 9.17) is 0 Å². The third-order valence-corrected chi connectivity index (χ3v) is 2.98. The number of anilines is 2. The summed E-state index contributed by atoms with van der Waals surface area (Å²) in [5.74, 6) is -0.928. The fourth-order valence-corrected chi connectivity index (χ4v) is 1.95. The van der Waals surface area contributed by atoms with Gasteiger partial charge in [0.1, 0.15) is 5.82 Å². The van der Waals surface area contributed by atoms with E-state index in [1.165, 1.54) is 4.90 Å². The Hall–Kier alpha value is -2.69. The van der Waals surface area contributed by atoms with Crippen LogP contribution in [0.15, 0.2) is 48.7 Å². The molecule has 108 valence electrons. The van der Waals surface area contributed by atoms with E-state index in [0.29, 0.717) is 18.1 Å². The highest BCUT2D eigenvalue weighted by Gasteiger charge is 2.22. The molecule has 2 aromatic rings. The van der Waals surface area contributed by atoms with Crippen molar-refractivity contribution in [2.75, 3.05) is 16.8 Å². The van der Waals surface area contributed by atoms with E-state index in [0.717, 1.165) is 5.56 Å². The number of carbonyl (C=O) groups excluding carboxylic acids is 2. The molecular formula is C16H17N3O2. The van der Waals surface area contributed by atoms with Crippen molar-refractivity contribution in [3.63, 3.8) is 0 Å². The van der Waals surface area contributed by atoms with Gasteiger partial charge in [-0.25, -0.2) is 4.98 Å². The molecule has 1 aromatic heterocycles. The maximum Gasteiger partial charge on any atom is 0.316 e. The van der Waals surface area contributed by atoms with E-state index in [9.17, 15) is 9.59 Å². The molecule has 2 amide bonds. The Bertz CT molecular complexity index is 641. The summed E-state index contributed by atoms with van der Waals surface area (Å²) in [4.78, 5) is 29.7. The summed E-state index contributed by atoms with van der Waals surface area (Å²) in [6.07, 6.45) is 1.59. The van der Waals surface area contributed by atoms with Gasteiger partial charge in [-0.3, -0.25) is 9.59 Å². The molecule has 0 saturated heterocycles. The van der Waals surface area contributed by atoms with Crippen LogP contribution >= 0.6 is 0 Å². The molecule has 0 aliphatic rings. The summed E-state index contributed by atoms with van der Waals surface area (Å²) in [5.41, 5.74) is 1.65. The number of rotatable bonds is 3. The maximum atomic E-state index is 12.3. The van der Waals surface area contributed by atoms with E-state index in [1.807, 2.05) is 38.1 Å². The van der Waals surface area contributed by atoms with E-state index >= 15 is 0 Å². The molecule has 21 heavy (non-hydrogen) atoms. The monoisotopic (exact) mass is 283 g/mol. The Morgan fingerprint density at radius 1 is 1.19 bits per heavy atom. The normalized spacial score (nSPS) is 10.0. The average molecular weight is 283 g/mol. The lowest BCUT2D eigenvalue weighted by Gasteiger charge is -2.20. The summed E-state index contributed by atoms with van der Waals surface area (Å²) < 4.78 is 0. The highest BCUT2D eigenvalue weighted by molar-refractivity contribution is 6.44. The first kappa shape index (κ1) is 14.7. The average Bonchev–Trinajstić information content (AvgIpc) is 2.49. The van der Waals surface area contributed by atoms with Crippen LogP contribution in [0.3, 0.4) is 0 Å². The predicted octanol–water partition coefficient (Wildman–Crippen LogP) is 2.38. The number of pyridine rings is 1. The van der Waals surface area contributed by atoms with Crippen LogP contribution in [-0.4, -0.2) is 23.3 Å². The lowest BCUT2D eigenvalue weighted by molar-refractivity contribution is -0.134. The fraction of sp³-hybridized carbons (Fsp3) is 0.188. The van der Waals surface area contributed by atoms with Crippen LogP contribution in [0.5, 0.6) is 0 Å². The molecule has 0 bridgehead atoms. The Morgan fingerprint density at radius 2 is 1.90 bits per heavy atom.